The third-order valence-electron chi connectivity index (χ3n) is 3.31. The molecule has 122 valence electrons. The lowest BCUT2D eigenvalue weighted by atomic mass is 10.1. The maximum absolute atomic E-state index is 12.0. The van der Waals surface area contributed by atoms with Crippen LogP contribution >= 0.6 is 11.8 Å². The molecule has 0 saturated carbocycles. The predicted molar refractivity (Wildman–Crippen MR) is 92.5 cm³/mol. The maximum Gasteiger partial charge on any atom is 0.338 e. The summed E-state index contributed by atoms with van der Waals surface area (Å²) in [6.07, 6.45) is 2.04. The number of carbonyl (C=O) groups is 1. The van der Waals surface area contributed by atoms with Crippen molar-refractivity contribution in [2.24, 2.45) is 0 Å². The number of aromatic nitrogens is 2. The van der Waals surface area contributed by atoms with Crippen LogP contribution < -0.4 is 0 Å². The zero-order chi connectivity index (χ0) is 16.8. The van der Waals surface area contributed by atoms with Crippen LogP contribution in [-0.2, 0) is 17.1 Å². The molecule has 0 saturated heterocycles. The summed E-state index contributed by atoms with van der Waals surface area (Å²) in [4.78, 5) is 12.0. The van der Waals surface area contributed by atoms with Crippen LogP contribution in [-0.4, -0.2) is 22.4 Å². The van der Waals surface area contributed by atoms with Gasteiger partial charge in [0.05, 0.1) is 5.56 Å². The van der Waals surface area contributed by atoms with Crippen molar-refractivity contribution in [1.29, 1.82) is 0 Å². The van der Waals surface area contributed by atoms with Gasteiger partial charge in [0.1, 0.15) is 0 Å². The molecular weight excluding hydrogens is 324 g/mol. The van der Waals surface area contributed by atoms with Gasteiger partial charge in [-0.3, -0.25) is 0 Å². The quantitative estimate of drug-likeness (QED) is 0.633. The van der Waals surface area contributed by atoms with E-state index in [9.17, 15) is 4.79 Å². The van der Waals surface area contributed by atoms with Gasteiger partial charge in [-0.1, -0.05) is 30.3 Å². The molecule has 0 unspecified atom stereocenters. The molecule has 3 aromatic rings. The van der Waals surface area contributed by atoms with E-state index in [1.165, 1.54) is 5.56 Å². The Hall–Kier alpha value is -2.60. The SMILES string of the molecule is CSCc1ccc(C(=O)OCc2nnc(-c3ccccc3)o2)cc1. The molecule has 0 atom stereocenters. The molecule has 0 aliphatic heterocycles. The molecule has 0 fully saturated rings. The molecule has 0 radical (unpaired) electrons. The van der Waals surface area contributed by atoms with Crippen molar-refractivity contribution in [2.75, 3.05) is 6.26 Å². The second-order valence-electron chi connectivity index (χ2n) is 5.07. The van der Waals surface area contributed by atoms with Crippen molar-refractivity contribution in [1.82, 2.24) is 10.2 Å². The van der Waals surface area contributed by atoms with Crippen molar-refractivity contribution in [3.05, 3.63) is 71.6 Å². The van der Waals surface area contributed by atoms with Crippen LogP contribution in [0, 0.1) is 0 Å². The molecule has 0 spiro atoms. The Balaban J connectivity index is 1.59. The van der Waals surface area contributed by atoms with E-state index in [2.05, 4.69) is 10.2 Å². The first-order chi connectivity index (χ1) is 11.8. The number of rotatable bonds is 6. The average Bonchev–Trinajstić information content (AvgIpc) is 3.10. The van der Waals surface area contributed by atoms with Gasteiger partial charge in [0, 0.05) is 11.3 Å². The molecule has 2 aromatic carbocycles. The second-order valence-corrected chi connectivity index (χ2v) is 5.94. The third-order valence-corrected chi connectivity index (χ3v) is 3.94. The fourth-order valence-corrected chi connectivity index (χ4v) is 2.65. The normalized spacial score (nSPS) is 10.5. The summed E-state index contributed by atoms with van der Waals surface area (Å²) in [6, 6.07) is 16.8. The van der Waals surface area contributed by atoms with Crippen molar-refractivity contribution in [3.63, 3.8) is 0 Å². The van der Waals surface area contributed by atoms with Crippen LogP contribution in [0.2, 0.25) is 0 Å². The average molecular weight is 340 g/mol. The molecule has 0 amide bonds. The first-order valence-electron chi connectivity index (χ1n) is 7.39. The van der Waals surface area contributed by atoms with Crippen molar-refractivity contribution >= 4 is 17.7 Å². The topological polar surface area (TPSA) is 65.2 Å². The molecule has 0 aliphatic carbocycles. The maximum atomic E-state index is 12.0. The molecule has 24 heavy (non-hydrogen) atoms. The number of carbonyl (C=O) groups excluding carboxylic acids is 1. The summed E-state index contributed by atoms with van der Waals surface area (Å²) >= 11 is 1.73. The standard InChI is InChI=1S/C18H16N2O3S/c1-24-12-13-7-9-15(10-8-13)18(21)22-11-16-19-20-17(23-16)14-5-3-2-4-6-14/h2-10H,11-12H2,1H3. The van der Waals surface area contributed by atoms with Gasteiger partial charge in [-0.25, -0.2) is 4.79 Å². The van der Waals surface area contributed by atoms with E-state index in [0.29, 0.717) is 11.5 Å². The Labute approximate surface area is 144 Å². The summed E-state index contributed by atoms with van der Waals surface area (Å²) in [5, 5.41) is 7.86. The number of hydrogen-bond acceptors (Lipinski definition) is 6. The van der Waals surface area contributed by atoms with Gasteiger partial charge in [-0.05, 0) is 36.1 Å². The minimum Gasteiger partial charge on any atom is -0.452 e. The summed E-state index contributed by atoms with van der Waals surface area (Å²) < 4.78 is 10.7. The molecule has 5 nitrogen and oxygen atoms in total. The first-order valence-corrected chi connectivity index (χ1v) is 8.78. The summed E-state index contributed by atoms with van der Waals surface area (Å²) in [6.45, 7) is -0.0504. The number of ether oxygens (including phenoxy) is 1. The van der Waals surface area contributed by atoms with E-state index >= 15 is 0 Å². The molecule has 0 N–H and O–H groups in total. The van der Waals surface area contributed by atoms with Crippen LogP contribution in [0.15, 0.2) is 59.0 Å². The smallest absolute Gasteiger partial charge is 0.338 e. The van der Waals surface area contributed by atoms with Crippen LogP contribution in [0.4, 0.5) is 0 Å². The molecule has 0 bridgehead atoms. The Morgan fingerprint density at radius 1 is 1.08 bits per heavy atom. The highest BCUT2D eigenvalue weighted by Gasteiger charge is 2.12. The molecular formula is C18H16N2O3S. The summed E-state index contributed by atoms with van der Waals surface area (Å²) in [5.41, 5.74) is 2.50. The number of nitrogens with zero attached hydrogens (tertiary/aromatic N) is 2. The van der Waals surface area contributed by atoms with Crippen LogP contribution in [0.1, 0.15) is 21.8 Å². The van der Waals surface area contributed by atoms with E-state index in [1.807, 2.05) is 48.7 Å². The summed E-state index contributed by atoms with van der Waals surface area (Å²) in [5.74, 6) is 1.17. The lowest BCUT2D eigenvalue weighted by Gasteiger charge is -2.03. The molecule has 1 aromatic heterocycles. The van der Waals surface area contributed by atoms with Gasteiger partial charge in [0.25, 0.3) is 5.89 Å². The van der Waals surface area contributed by atoms with Crippen molar-refractivity contribution < 1.29 is 13.9 Å². The summed E-state index contributed by atoms with van der Waals surface area (Å²) in [7, 11) is 0. The Kier molecular flexibility index (Phi) is 5.28. The Bertz CT molecular complexity index is 801. The second kappa shape index (κ2) is 7.79. The van der Waals surface area contributed by atoms with Gasteiger partial charge >= 0.3 is 5.97 Å². The minimum absolute atomic E-state index is 0.0504. The number of esters is 1. The zero-order valence-corrected chi connectivity index (χ0v) is 14.0. The van der Waals surface area contributed by atoms with E-state index in [1.54, 1.807) is 23.9 Å². The lowest BCUT2D eigenvalue weighted by molar-refractivity contribution is 0.0438. The fraction of sp³-hybridized carbons (Fsp3) is 0.167. The fourth-order valence-electron chi connectivity index (χ4n) is 2.12. The molecule has 1 heterocycles. The molecule has 3 rings (SSSR count). The highest BCUT2D eigenvalue weighted by Crippen LogP contribution is 2.17. The van der Waals surface area contributed by atoms with Gasteiger partial charge < -0.3 is 9.15 Å². The monoisotopic (exact) mass is 340 g/mol. The van der Waals surface area contributed by atoms with E-state index < -0.39 is 5.97 Å². The van der Waals surface area contributed by atoms with Gasteiger partial charge in [-0.2, -0.15) is 11.8 Å². The minimum atomic E-state index is -0.412. The largest absolute Gasteiger partial charge is 0.452 e. The Morgan fingerprint density at radius 3 is 2.54 bits per heavy atom. The van der Waals surface area contributed by atoms with Crippen LogP contribution in [0.25, 0.3) is 11.5 Å². The number of hydrogen-bond donors (Lipinski definition) is 0. The van der Waals surface area contributed by atoms with E-state index in [0.717, 1.165) is 11.3 Å². The lowest BCUT2D eigenvalue weighted by Crippen LogP contribution is -2.05. The number of benzene rings is 2. The Morgan fingerprint density at radius 2 is 1.83 bits per heavy atom. The highest BCUT2D eigenvalue weighted by atomic mass is 32.2. The van der Waals surface area contributed by atoms with Gasteiger partial charge in [0.2, 0.25) is 5.89 Å². The first kappa shape index (κ1) is 16.3. The van der Waals surface area contributed by atoms with Crippen LogP contribution in [0.3, 0.4) is 0 Å². The molecule has 0 aliphatic rings. The van der Waals surface area contributed by atoms with Crippen LogP contribution in [0.5, 0.6) is 0 Å². The molecule has 6 heteroatoms. The van der Waals surface area contributed by atoms with Gasteiger partial charge in [0.15, 0.2) is 6.61 Å². The van der Waals surface area contributed by atoms with Gasteiger partial charge in [-0.15, -0.1) is 10.2 Å². The number of thioether (sulfide) groups is 1. The van der Waals surface area contributed by atoms with Crippen molar-refractivity contribution in [3.8, 4) is 11.5 Å². The van der Waals surface area contributed by atoms with E-state index in [-0.39, 0.29) is 12.5 Å². The zero-order valence-electron chi connectivity index (χ0n) is 13.1. The predicted octanol–water partition coefficient (Wildman–Crippen LogP) is 3.96. The highest BCUT2D eigenvalue weighted by molar-refractivity contribution is 7.97. The van der Waals surface area contributed by atoms with Crippen molar-refractivity contribution in [2.45, 2.75) is 12.4 Å². The third kappa shape index (κ3) is 4.02. The van der Waals surface area contributed by atoms with E-state index in [4.69, 9.17) is 9.15 Å².